The van der Waals surface area contributed by atoms with Crippen LogP contribution in [-0.2, 0) is 14.3 Å². The van der Waals surface area contributed by atoms with Crippen LogP contribution in [0.5, 0.6) is 0 Å². The molecule has 4 nitrogen and oxygen atoms in total. The molecule has 0 rings (SSSR count). The number of hydrogen-bond donors (Lipinski definition) is 1. The standard InChI is InChI=1S/C6H10O4/c1-3-10-6(9)5(8)4(2)7/h4,7H,3H2,1-2H3. The maximum Gasteiger partial charge on any atom is 0.377 e. The largest absolute Gasteiger partial charge is 0.460 e. The fraction of sp³-hybridized carbons (Fsp3) is 0.667. The minimum Gasteiger partial charge on any atom is -0.460 e. The molecule has 0 aliphatic rings. The molecule has 1 N–H and O–H groups in total. The van der Waals surface area contributed by atoms with Crippen molar-refractivity contribution in [3.05, 3.63) is 0 Å². The highest BCUT2D eigenvalue weighted by atomic mass is 16.5. The number of aliphatic hydroxyl groups excluding tert-OH is 1. The van der Waals surface area contributed by atoms with Crippen molar-refractivity contribution in [1.82, 2.24) is 0 Å². The maximum absolute atomic E-state index is 10.5. The van der Waals surface area contributed by atoms with E-state index in [1.807, 2.05) is 0 Å². The average molecular weight is 146 g/mol. The van der Waals surface area contributed by atoms with Gasteiger partial charge in [0.1, 0.15) is 6.10 Å². The van der Waals surface area contributed by atoms with E-state index in [0.717, 1.165) is 0 Å². The van der Waals surface area contributed by atoms with Crippen LogP contribution in [0.15, 0.2) is 0 Å². The third-order valence-electron chi connectivity index (χ3n) is 0.856. The molecule has 0 radical (unpaired) electrons. The molecule has 0 aromatic heterocycles. The number of Topliss-reactive ketones (excluding diaryl/α,β-unsaturated/α-hetero) is 1. The van der Waals surface area contributed by atoms with Gasteiger partial charge in [-0.25, -0.2) is 4.79 Å². The van der Waals surface area contributed by atoms with Crippen molar-refractivity contribution in [2.24, 2.45) is 0 Å². The SMILES string of the molecule is CCOC(=O)C(=O)C(C)O. The minimum absolute atomic E-state index is 0.150. The highest BCUT2D eigenvalue weighted by Gasteiger charge is 2.19. The van der Waals surface area contributed by atoms with Gasteiger partial charge >= 0.3 is 5.97 Å². The van der Waals surface area contributed by atoms with Gasteiger partial charge in [0.25, 0.3) is 5.78 Å². The molecular weight excluding hydrogens is 136 g/mol. The van der Waals surface area contributed by atoms with Gasteiger partial charge in [0, 0.05) is 0 Å². The van der Waals surface area contributed by atoms with E-state index in [4.69, 9.17) is 5.11 Å². The Morgan fingerprint density at radius 2 is 2.10 bits per heavy atom. The Labute approximate surface area is 58.8 Å². The molecule has 0 saturated carbocycles. The molecule has 1 atom stereocenters. The summed E-state index contributed by atoms with van der Waals surface area (Å²) in [4.78, 5) is 21.0. The summed E-state index contributed by atoms with van der Waals surface area (Å²) in [6, 6.07) is 0. The number of carbonyl (C=O) groups is 2. The van der Waals surface area contributed by atoms with E-state index >= 15 is 0 Å². The van der Waals surface area contributed by atoms with E-state index in [2.05, 4.69) is 4.74 Å². The first kappa shape index (κ1) is 9.10. The first-order valence-corrected chi connectivity index (χ1v) is 2.98. The van der Waals surface area contributed by atoms with Gasteiger partial charge in [-0.15, -0.1) is 0 Å². The van der Waals surface area contributed by atoms with Crippen molar-refractivity contribution in [3.8, 4) is 0 Å². The molecule has 0 amide bonds. The van der Waals surface area contributed by atoms with Crippen LogP contribution in [0, 0.1) is 0 Å². The van der Waals surface area contributed by atoms with Gasteiger partial charge in [-0.2, -0.15) is 0 Å². The van der Waals surface area contributed by atoms with E-state index in [1.165, 1.54) is 6.92 Å². The van der Waals surface area contributed by atoms with Crippen LogP contribution >= 0.6 is 0 Å². The predicted octanol–water partition coefficient (Wildman–Crippen LogP) is -0.501. The summed E-state index contributed by atoms with van der Waals surface area (Å²) in [5, 5.41) is 8.57. The van der Waals surface area contributed by atoms with E-state index in [-0.39, 0.29) is 6.61 Å². The van der Waals surface area contributed by atoms with E-state index in [1.54, 1.807) is 6.92 Å². The molecule has 0 fully saturated rings. The van der Waals surface area contributed by atoms with Crippen molar-refractivity contribution < 1.29 is 19.4 Å². The second-order valence-electron chi connectivity index (χ2n) is 1.76. The summed E-state index contributed by atoms with van der Waals surface area (Å²) in [5.41, 5.74) is 0. The molecular formula is C6H10O4. The third-order valence-corrected chi connectivity index (χ3v) is 0.856. The first-order chi connectivity index (χ1) is 4.59. The van der Waals surface area contributed by atoms with Crippen molar-refractivity contribution in [1.29, 1.82) is 0 Å². The van der Waals surface area contributed by atoms with Gasteiger partial charge in [0.05, 0.1) is 6.61 Å². The Morgan fingerprint density at radius 1 is 1.60 bits per heavy atom. The highest BCUT2D eigenvalue weighted by molar-refractivity contribution is 6.35. The third kappa shape index (κ3) is 2.59. The molecule has 1 unspecified atom stereocenters. The molecule has 0 aliphatic carbocycles. The zero-order chi connectivity index (χ0) is 8.15. The lowest BCUT2D eigenvalue weighted by Crippen LogP contribution is -2.27. The van der Waals surface area contributed by atoms with Gasteiger partial charge < -0.3 is 9.84 Å². The number of ether oxygens (including phenoxy) is 1. The normalized spacial score (nSPS) is 12.3. The Balaban J connectivity index is 3.83. The molecule has 0 bridgehead atoms. The van der Waals surface area contributed by atoms with Gasteiger partial charge in [-0.3, -0.25) is 4.79 Å². The molecule has 10 heavy (non-hydrogen) atoms. The van der Waals surface area contributed by atoms with E-state index in [9.17, 15) is 9.59 Å². The first-order valence-electron chi connectivity index (χ1n) is 2.98. The van der Waals surface area contributed by atoms with E-state index in [0.29, 0.717) is 0 Å². The molecule has 0 aromatic rings. The number of rotatable bonds is 3. The second kappa shape index (κ2) is 4.00. The molecule has 0 aromatic carbocycles. The summed E-state index contributed by atoms with van der Waals surface area (Å²) in [6.07, 6.45) is -1.26. The molecule has 0 heterocycles. The Morgan fingerprint density at radius 3 is 2.40 bits per heavy atom. The molecule has 0 aliphatic heterocycles. The highest BCUT2D eigenvalue weighted by Crippen LogP contribution is 1.87. The Kier molecular flexibility index (Phi) is 3.64. The zero-order valence-corrected chi connectivity index (χ0v) is 5.96. The lowest BCUT2D eigenvalue weighted by molar-refractivity contribution is -0.156. The van der Waals surface area contributed by atoms with Crippen LogP contribution in [0.25, 0.3) is 0 Å². The van der Waals surface area contributed by atoms with Crippen molar-refractivity contribution in [3.63, 3.8) is 0 Å². The van der Waals surface area contributed by atoms with E-state index < -0.39 is 17.9 Å². The lowest BCUT2D eigenvalue weighted by Gasteiger charge is -2.01. The Hall–Kier alpha value is -0.900. The van der Waals surface area contributed by atoms with Crippen LogP contribution < -0.4 is 0 Å². The number of carbonyl (C=O) groups excluding carboxylic acids is 2. The van der Waals surface area contributed by atoms with Crippen molar-refractivity contribution >= 4 is 11.8 Å². The van der Waals surface area contributed by atoms with Crippen LogP contribution in [0.4, 0.5) is 0 Å². The van der Waals surface area contributed by atoms with Crippen molar-refractivity contribution in [2.45, 2.75) is 20.0 Å². The summed E-state index contributed by atoms with van der Waals surface area (Å²) in [6.45, 7) is 2.96. The van der Waals surface area contributed by atoms with Gasteiger partial charge in [-0.05, 0) is 13.8 Å². The quantitative estimate of drug-likeness (QED) is 0.430. The number of ketones is 1. The topological polar surface area (TPSA) is 63.6 Å². The van der Waals surface area contributed by atoms with Crippen molar-refractivity contribution in [2.75, 3.05) is 6.61 Å². The summed E-state index contributed by atoms with van der Waals surface area (Å²) in [7, 11) is 0. The average Bonchev–Trinajstić information content (AvgIpc) is 1.87. The number of aliphatic hydroxyl groups is 1. The monoisotopic (exact) mass is 146 g/mol. The Bertz CT molecular complexity index is 139. The minimum atomic E-state index is -1.26. The summed E-state index contributed by atoms with van der Waals surface area (Å²) >= 11 is 0. The van der Waals surface area contributed by atoms with Crippen LogP contribution in [0.3, 0.4) is 0 Å². The lowest BCUT2D eigenvalue weighted by atomic mass is 10.3. The molecule has 58 valence electrons. The molecule has 0 spiro atoms. The fourth-order valence-electron chi connectivity index (χ4n) is 0.373. The smallest absolute Gasteiger partial charge is 0.377 e. The van der Waals surface area contributed by atoms with Crippen LogP contribution in [0.1, 0.15) is 13.8 Å². The predicted molar refractivity (Wildman–Crippen MR) is 33.3 cm³/mol. The van der Waals surface area contributed by atoms with Crippen LogP contribution in [-0.4, -0.2) is 29.6 Å². The maximum atomic E-state index is 10.5. The number of esters is 1. The van der Waals surface area contributed by atoms with Gasteiger partial charge in [-0.1, -0.05) is 0 Å². The summed E-state index contributed by atoms with van der Waals surface area (Å²) < 4.78 is 4.32. The number of hydrogen-bond acceptors (Lipinski definition) is 4. The fourth-order valence-corrected chi connectivity index (χ4v) is 0.373. The van der Waals surface area contributed by atoms with Gasteiger partial charge in [0.2, 0.25) is 0 Å². The zero-order valence-electron chi connectivity index (χ0n) is 5.96. The van der Waals surface area contributed by atoms with Gasteiger partial charge in [0.15, 0.2) is 0 Å². The van der Waals surface area contributed by atoms with Crippen LogP contribution in [0.2, 0.25) is 0 Å². The molecule has 0 saturated heterocycles. The summed E-state index contributed by atoms with van der Waals surface area (Å²) in [5.74, 6) is -1.88. The second-order valence-corrected chi connectivity index (χ2v) is 1.76. The molecule has 4 heteroatoms.